The van der Waals surface area contributed by atoms with Gasteiger partial charge in [-0.15, -0.1) is 0 Å². The van der Waals surface area contributed by atoms with Gasteiger partial charge in [-0.1, -0.05) is 29.8 Å². The van der Waals surface area contributed by atoms with Crippen LogP contribution >= 0.6 is 0 Å². The van der Waals surface area contributed by atoms with Gasteiger partial charge in [0, 0.05) is 11.6 Å². The Morgan fingerprint density at radius 1 is 1.05 bits per heavy atom. The molecule has 0 fully saturated rings. The Labute approximate surface area is 132 Å². The van der Waals surface area contributed by atoms with Gasteiger partial charge < -0.3 is 9.47 Å². The van der Waals surface area contributed by atoms with Crippen molar-refractivity contribution in [1.82, 2.24) is 0 Å². The Kier molecular flexibility index (Phi) is 5.06. The first-order valence-electron chi connectivity index (χ1n) is 7.26. The molecule has 0 aromatic heterocycles. The quantitative estimate of drug-likeness (QED) is 0.831. The van der Waals surface area contributed by atoms with Crippen LogP contribution in [0.25, 0.3) is 0 Å². The second-order valence-electron chi connectivity index (χ2n) is 5.42. The van der Waals surface area contributed by atoms with Crippen molar-refractivity contribution in [3.63, 3.8) is 0 Å². The van der Waals surface area contributed by atoms with Crippen molar-refractivity contribution in [3.05, 3.63) is 58.7 Å². The molecular formula is C19H21NO2. The van der Waals surface area contributed by atoms with Crippen molar-refractivity contribution in [3.8, 4) is 17.6 Å². The summed E-state index contributed by atoms with van der Waals surface area (Å²) in [6.07, 6.45) is 0.673. The smallest absolute Gasteiger partial charge is 0.127 e. The molecule has 0 saturated heterocycles. The molecule has 3 nitrogen and oxygen atoms in total. The summed E-state index contributed by atoms with van der Waals surface area (Å²) in [6, 6.07) is 14.3. The van der Waals surface area contributed by atoms with Gasteiger partial charge in [0.2, 0.25) is 0 Å². The minimum Gasteiger partial charge on any atom is -0.497 e. The SMILES string of the molecule is COc1ccc(C(C#N)Cc2cc(C)ccc2C)c(OC)c1. The van der Waals surface area contributed by atoms with E-state index in [4.69, 9.17) is 9.47 Å². The number of hydrogen-bond acceptors (Lipinski definition) is 3. The van der Waals surface area contributed by atoms with Crippen LogP contribution in [0, 0.1) is 25.2 Å². The lowest BCUT2D eigenvalue weighted by molar-refractivity contribution is 0.390. The fraction of sp³-hybridized carbons (Fsp3) is 0.316. The van der Waals surface area contributed by atoms with Crippen molar-refractivity contribution in [2.45, 2.75) is 26.2 Å². The van der Waals surface area contributed by atoms with E-state index in [1.165, 1.54) is 16.7 Å². The average Bonchev–Trinajstić information content (AvgIpc) is 2.55. The van der Waals surface area contributed by atoms with Crippen molar-refractivity contribution < 1.29 is 9.47 Å². The molecule has 0 bridgehead atoms. The number of aryl methyl sites for hydroxylation is 2. The number of benzene rings is 2. The molecular weight excluding hydrogens is 274 g/mol. The van der Waals surface area contributed by atoms with E-state index in [9.17, 15) is 5.26 Å². The van der Waals surface area contributed by atoms with Crippen LogP contribution < -0.4 is 9.47 Å². The number of rotatable bonds is 5. The molecule has 0 amide bonds. The minimum atomic E-state index is -0.249. The van der Waals surface area contributed by atoms with Gasteiger partial charge in [-0.05, 0) is 37.5 Å². The van der Waals surface area contributed by atoms with E-state index in [1.807, 2.05) is 18.2 Å². The Balaban J connectivity index is 2.36. The summed E-state index contributed by atoms with van der Waals surface area (Å²) < 4.78 is 10.6. The molecule has 0 spiro atoms. The highest BCUT2D eigenvalue weighted by molar-refractivity contribution is 5.46. The van der Waals surface area contributed by atoms with Gasteiger partial charge in [0.25, 0.3) is 0 Å². The van der Waals surface area contributed by atoms with Crippen LogP contribution in [0.2, 0.25) is 0 Å². The van der Waals surface area contributed by atoms with Crippen LogP contribution in [0.5, 0.6) is 11.5 Å². The van der Waals surface area contributed by atoms with Gasteiger partial charge in [0.05, 0.1) is 26.2 Å². The summed E-state index contributed by atoms with van der Waals surface area (Å²) in [5.74, 6) is 1.17. The summed E-state index contributed by atoms with van der Waals surface area (Å²) in [4.78, 5) is 0. The Morgan fingerprint density at radius 3 is 2.45 bits per heavy atom. The Bertz CT molecular complexity index is 701. The predicted molar refractivity (Wildman–Crippen MR) is 87.5 cm³/mol. The fourth-order valence-corrected chi connectivity index (χ4v) is 2.57. The topological polar surface area (TPSA) is 42.2 Å². The normalized spacial score (nSPS) is 11.6. The lowest BCUT2D eigenvalue weighted by atomic mass is 9.90. The van der Waals surface area contributed by atoms with Crippen molar-refractivity contribution in [2.24, 2.45) is 0 Å². The first-order valence-corrected chi connectivity index (χ1v) is 7.26. The van der Waals surface area contributed by atoms with Crippen LogP contribution in [0.1, 0.15) is 28.2 Å². The average molecular weight is 295 g/mol. The van der Waals surface area contributed by atoms with E-state index in [1.54, 1.807) is 14.2 Å². The number of ether oxygens (including phenoxy) is 2. The largest absolute Gasteiger partial charge is 0.497 e. The van der Waals surface area contributed by atoms with E-state index >= 15 is 0 Å². The van der Waals surface area contributed by atoms with Gasteiger partial charge >= 0.3 is 0 Å². The molecule has 22 heavy (non-hydrogen) atoms. The van der Waals surface area contributed by atoms with Crippen LogP contribution in [-0.2, 0) is 6.42 Å². The van der Waals surface area contributed by atoms with E-state index < -0.39 is 0 Å². The maximum Gasteiger partial charge on any atom is 0.127 e. The molecule has 114 valence electrons. The maximum atomic E-state index is 9.61. The van der Waals surface area contributed by atoms with Gasteiger partial charge in [0.1, 0.15) is 11.5 Å². The highest BCUT2D eigenvalue weighted by Gasteiger charge is 2.18. The molecule has 0 heterocycles. The third-order valence-electron chi connectivity index (χ3n) is 3.90. The van der Waals surface area contributed by atoms with Gasteiger partial charge in [-0.3, -0.25) is 0 Å². The van der Waals surface area contributed by atoms with E-state index in [0.717, 1.165) is 11.3 Å². The summed E-state index contributed by atoms with van der Waals surface area (Å²) in [5, 5.41) is 9.61. The first kappa shape index (κ1) is 15.9. The summed E-state index contributed by atoms with van der Waals surface area (Å²) in [5.41, 5.74) is 4.51. The van der Waals surface area contributed by atoms with Gasteiger partial charge in [-0.25, -0.2) is 0 Å². The summed E-state index contributed by atoms with van der Waals surface area (Å²) in [6.45, 7) is 4.15. The molecule has 0 saturated carbocycles. The second kappa shape index (κ2) is 7.00. The molecule has 0 aliphatic rings. The Hall–Kier alpha value is -2.47. The predicted octanol–water partition coefficient (Wildman–Crippen LogP) is 4.17. The standard InChI is InChI=1S/C19H21NO2/c1-13-5-6-14(2)15(9-13)10-16(12-20)18-8-7-17(21-3)11-19(18)22-4/h5-9,11,16H,10H2,1-4H3. The molecule has 1 atom stereocenters. The van der Waals surface area contributed by atoms with Crippen molar-refractivity contribution in [1.29, 1.82) is 5.26 Å². The lowest BCUT2D eigenvalue weighted by Gasteiger charge is -2.16. The molecule has 2 aromatic rings. The highest BCUT2D eigenvalue weighted by atomic mass is 16.5. The Morgan fingerprint density at radius 2 is 1.82 bits per heavy atom. The third kappa shape index (κ3) is 3.40. The molecule has 0 aliphatic heterocycles. The molecule has 0 N–H and O–H groups in total. The molecule has 0 aliphatic carbocycles. The first-order chi connectivity index (χ1) is 10.6. The van der Waals surface area contributed by atoms with Crippen molar-refractivity contribution in [2.75, 3.05) is 14.2 Å². The van der Waals surface area contributed by atoms with Crippen LogP contribution in [-0.4, -0.2) is 14.2 Å². The molecule has 2 rings (SSSR count). The third-order valence-corrected chi connectivity index (χ3v) is 3.90. The molecule has 1 unspecified atom stereocenters. The van der Waals surface area contributed by atoms with E-state index in [2.05, 4.69) is 38.1 Å². The van der Waals surface area contributed by atoms with Crippen LogP contribution in [0.15, 0.2) is 36.4 Å². The summed E-state index contributed by atoms with van der Waals surface area (Å²) in [7, 11) is 3.23. The van der Waals surface area contributed by atoms with Crippen molar-refractivity contribution >= 4 is 0 Å². The fourth-order valence-electron chi connectivity index (χ4n) is 2.57. The molecule has 2 aromatic carbocycles. The van der Waals surface area contributed by atoms with Crippen LogP contribution in [0.4, 0.5) is 0 Å². The van der Waals surface area contributed by atoms with E-state index in [-0.39, 0.29) is 5.92 Å². The number of nitrogens with zero attached hydrogens (tertiary/aromatic N) is 1. The lowest BCUT2D eigenvalue weighted by Crippen LogP contribution is -2.05. The van der Waals surface area contributed by atoms with Gasteiger partial charge in [-0.2, -0.15) is 5.26 Å². The second-order valence-corrected chi connectivity index (χ2v) is 5.42. The zero-order valence-corrected chi connectivity index (χ0v) is 13.5. The van der Waals surface area contributed by atoms with Gasteiger partial charge in [0.15, 0.2) is 0 Å². The molecule has 3 heteroatoms. The minimum absolute atomic E-state index is 0.249. The zero-order valence-electron chi connectivity index (χ0n) is 13.5. The number of hydrogen-bond donors (Lipinski definition) is 0. The maximum absolute atomic E-state index is 9.61. The zero-order chi connectivity index (χ0) is 16.1. The number of nitriles is 1. The van der Waals surface area contributed by atoms with Crippen LogP contribution in [0.3, 0.4) is 0 Å². The monoisotopic (exact) mass is 295 g/mol. The van der Waals surface area contributed by atoms with E-state index in [0.29, 0.717) is 12.2 Å². The highest BCUT2D eigenvalue weighted by Crippen LogP contribution is 2.32. The number of methoxy groups -OCH3 is 2. The summed E-state index contributed by atoms with van der Waals surface area (Å²) >= 11 is 0. The molecule has 0 radical (unpaired) electrons.